The van der Waals surface area contributed by atoms with Gasteiger partial charge in [0.1, 0.15) is 13.1 Å². The first-order valence-electron chi connectivity index (χ1n) is 13.1. The van der Waals surface area contributed by atoms with Crippen LogP contribution in [0.4, 0.5) is 0 Å². The molecule has 1 aliphatic carbocycles. The Hall–Kier alpha value is -2.18. The first-order chi connectivity index (χ1) is 17.0. The van der Waals surface area contributed by atoms with Gasteiger partial charge in [-0.15, -0.1) is 0 Å². The Labute approximate surface area is 222 Å². The van der Waals surface area contributed by atoms with Crippen molar-refractivity contribution in [3.8, 4) is 0 Å². The average molecular weight is 513 g/mol. The number of hydrogen-bond acceptors (Lipinski definition) is 4. The number of ether oxygens (including phenoxy) is 1. The Morgan fingerprint density at radius 1 is 0.944 bits per heavy atom. The first-order valence-corrected chi connectivity index (χ1v) is 13.1. The molecule has 1 heterocycles. The zero-order valence-electron chi connectivity index (χ0n) is 21.7. The molecule has 0 aliphatic heterocycles. The van der Waals surface area contributed by atoms with Crippen LogP contribution in [-0.4, -0.2) is 48.4 Å². The summed E-state index contributed by atoms with van der Waals surface area (Å²) in [6, 6.07) is 20.4. The van der Waals surface area contributed by atoms with Crippen LogP contribution in [0, 0.1) is 5.92 Å². The maximum absolute atomic E-state index is 12.1. The third-order valence-electron chi connectivity index (χ3n) is 7.34. The van der Waals surface area contributed by atoms with Crippen LogP contribution >= 0.6 is 0 Å². The summed E-state index contributed by atoms with van der Waals surface area (Å²) in [6.45, 7) is 2.99. The standard InChI is InChI=1S/C30H41N2O3.ClH/c1-32(2,20-22-34-21-19-25-13-7-5-8-14-25)24-28-23-31-29(35-28)30(33,27-17-11-6-12-18-27)26-15-9-3-4-10-16-26;/h5-8,11-14,17-18,23,26,33H,3-4,9-10,15-16,19-22,24H2,1-2H3;1H/q+1;/p-1. The summed E-state index contributed by atoms with van der Waals surface area (Å²) in [7, 11) is 4.36. The first kappa shape index (κ1) is 28.4. The fourth-order valence-electron chi connectivity index (χ4n) is 5.23. The molecule has 0 amide bonds. The van der Waals surface area contributed by atoms with Gasteiger partial charge in [0.05, 0.1) is 33.5 Å². The average Bonchev–Trinajstić information content (AvgIpc) is 3.15. The number of benzene rings is 2. The van der Waals surface area contributed by atoms with E-state index < -0.39 is 5.60 Å². The Morgan fingerprint density at radius 2 is 1.58 bits per heavy atom. The zero-order valence-corrected chi connectivity index (χ0v) is 22.5. The number of oxazole rings is 1. The van der Waals surface area contributed by atoms with Gasteiger partial charge in [-0.3, -0.25) is 0 Å². The molecule has 36 heavy (non-hydrogen) atoms. The highest BCUT2D eigenvalue weighted by molar-refractivity contribution is 5.30. The highest BCUT2D eigenvalue weighted by atomic mass is 35.5. The maximum Gasteiger partial charge on any atom is 0.231 e. The molecular formula is C30H41ClN2O3. The Kier molecular flexibility index (Phi) is 10.6. The number of aliphatic hydroxyl groups is 1. The smallest absolute Gasteiger partial charge is 0.231 e. The predicted octanol–water partition coefficient (Wildman–Crippen LogP) is 2.72. The zero-order chi connectivity index (χ0) is 24.6. The fraction of sp³-hybridized carbons (Fsp3) is 0.500. The molecule has 1 saturated carbocycles. The lowest BCUT2D eigenvalue weighted by Crippen LogP contribution is -3.00. The largest absolute Gasteiger partial charge is 1.00 e. The van der Waals surface area contributed by atoms with E-state index in [1.54, 1.807) is 6.20 Å². The van der Waals surface area contributed by atoms with Crippen LogP contribution in [0.1, 0.15) is 61.3 Å². The van der Waals surface area contributed by atoms with Gasteiger partial charge in [0, 0.05) is 5.92 Å². The van der Waals surface area contributed by atoms with E-state index in [0.29, 0.717) is 19.0 Å². The van der Waals surface area contributed by atoms with Crippen molar-refractivity contribution in [1.29, 1.82) is 0 Å². The molecule has 1 atom stereocenters. The van der Waals surface area contributed by atoms with Gasteiger partial charge in [-0.05, 0) is 30.4 Å². The summed E-state index contributed by atoms with van der Waals surface area (Å²) in [4.78, 5) is 4.64. The topological polar surface area (TPSA) is 55.5 Å². The van der Waals surface area contributed by atoms with Crippen molar-refractivity contribution in [2.45, 2.75) is 57.1 Å². The molecule has 0 saturated heterocycles. The molecule has 6 heteroatoms. The lowest BCUT2D eigenvalue weighted by Gasteiger charge is -2.34. The third-order valence-corrected chi connectivity index (χ3v) is 7.34. The predicted molar refractivity (Wildman–Crippen MR) is 139 cm³/mol. The normalized spacial score (nSPS) is 16.6. The van der Waals surface area contributed by atoms with Gasteiger partial charge in [-0.2, -0.15) is 0 Å². The third kappa shape index (κ3) is 7.42. The van der Waals surface area contributed by atoms with Crippen molar-refractivity contribution in [2.24, 2.45) is 5.92 Å². The van der Waals surface area contributed by atoms with Crippen LogP contribution in [-0.2, 0) is 23.3 Å². The van der Waals surface area contributed by atoms with Crippen LogP contribution in [0.2, 0.25) is 0 Å². The second-order valence-electron chi connectivity index (χ2n) is 10.6. The molecular weight excluding hydrogens is 472 g/mol. The molecule has 4 rings (SSSR count). The lowest BCUT2D eigenvalue weighted by molar-refractivity contribution is -0.904. The van der Waals surface area contributed by atoms with E-state index in [4.69, 9.17) is 9.15 Å². The summed E-state index contributed by atoms with van der Waals surface area (Å²) >= 11 is 0. The van der Waals surface area contributed by atoms with Crippen LogP contribution < -0.4 is 12.4 Å². The molecule has 3 aromatic rings. The van der Waals surface area contributed by atoms with Crippen molar-refractivity contribution >= 4 is 0 Å². The van der Waals surface area contributed by atoms with Gasteiger partial charge < -0.3 is 31.2 Å². The van der Waals surface area contributed by atoms with E-state index in [1.165, 1.54) is 18.4 Å². The van der Waals surface area contributed by atoms with Crippen molar-refractivity contribution < 1.29 is 31.2 Å². The second kappa shape index (κ2) is 13.4. The minimum atomic E-state index is -1.19. The van der Waals surface area contributed by atoms with Crippen LogP contribution in [0.25, 0.3) is 0 Å². The van der Waals surface area contributed by atoms with Crippen molar-refractivity contribution in [3.05, 3.63) is 89.6 Å². The molecule has 196 valence electrons. The van der Waals surface area contributed by atoms with Gasteiger partial charge in [0.15, 0.2) is 11.4 Å². The quantitative estimate of drug-likeness (QED) is 0.244. The minimum absolute atomic E-state index is 0. The van der Waals surface area contributed by atoms with Crippen molar-refractivity contribution in [1.82, 2.24) is 4.98 Å². The van der Waals surface area contributed by atoms with Crippen LogP contribution in [0.3, 0.4) is 0 Å². The van der Waals surface area contributed by atoms with Gasteiger partial charge in [-0.25, -0.2) is 4.98 Å². The molecule has 1 unspecified atom stereocenters. The number of likely N-dealkylation sites (N-methyl/N-ethyl adjacent to an activating group) is 1. The SMILES string of the molecule is C[N+](C)(CCOCCc1ccccc1)Cc1cnc(C(O)(c2ccccc2)C2CCCCCC2)o1.[Cl-]. The minimum Gasteiger partial charge on any atom is -1.00 e. The number of halogens is 1. The molecule has 0 bridgehead atoms. The summed E-state index contributed by atoms with van der Waals surface area (Å²) < 4.78 is 12.9. The molecule has 1 N–H and O–H groups in total. The molecule has 1 aliphatic rings. The van der Waals surface area contributed by atoms with Gasteiger partial charge in [0.2, 0.25) is 5.89 Å². The second-order valence-corrected chi connectivity index (χ2v) is 10.6. The fourth-order valence-corrected chi connectivity index (χ4v) is 5.23. The molecule has 1 fully saturated rings. The molecule has 0 radical (unpaired) electrons. The molecule has 5 nitrogen and oxygen atoms in total. The van der Waals surface area contributed by atoms with Crippen molar-refractivity contribution in [2.75, 3.05) is 33.9 Å². The summed E-state index contributed by atoms with van der Waals surface area (Å²) in [6.07, 6.45) is 9.46. The van der Waals surface area contributed by atoms with E-state index in [1.807, 2.05) is 36.4 Å². The number of nitrogens with zero attached hydrogens (tertiary/aromatic N) is 2. The number of hydrogen-bond donors (Lipinski definition) is 1. The lowest BCUT2D eigenvalue weighted by atomic mass is 9.77. The van der Waals surface area contributed by atoms with Gasteiger partial charge in [0.25, 0.3) is 0 Å². The maximum atomic E-state index is 12.1. The number of quaternary nitrogens is 1. The molecule has 1 aromatic heterocycles. The van der Waals surface area contributed by atoms with E-state index >= 15 is 0 Å². The van der Waals surface area contributed by atoms with Crippen LogP contribution in [0.5, 0.6) is 0 Å². The summed E-state index contributed by atoms with van der Waals surface area (Å²) in [5, 5.41) is 12.1. The van der Waals surface area contributed by atoms with E-state index in [9.17, 15) is 5.11 Å². The number of rotatable bonds is 11. The van der Waals surface area contributed by atoms with E-state index in [2.05, 4.69) is 43.3 Å². The summed E-state index contributed by atoms with van der Waals surface area (Å²) in [5.74, 6) is 1.35. The van der Waals surface area contributed by atoms with Crippen molar-refractivity contribution in [3.63, 3.8) is 0 Å². The van der Waals surface area contributed by atoms with E-state index in [-0.39, 0.29) is 18.3 Å². The monoisotopic (exact) mass is 512 g/mol. The van der Waals surface area contributed by atoms with Crippen LogP contribution in [0.15, 0.2) is 71.3 Å². The Bertz CT molecular complexity index is 1020. The van der Waals surface area contributed by atoms with Gasteiger partial charge >= 0.3 is 0 Å². The number of aromatic nitrogens is 1. The Balaban J connectivity index is 0.00000361. The molecule has 2 aromatic carbocycles. The highest BCUT2D eigenvalue weighted by Gasteiger charge is 2.44. The Morgan fingerprint density at radius 3 is 2.25 bits per heavy atom. The van der Waals surface area contributed by atoms with Gasteiger partial charge in [-0.1, -0.05) is 86.3 Å². The molecule has 0 spiro atoms. The highest BCUT2D eigenvalue weighted by Crippen LogP contribution is 2.43. The summed E-state index contributed by atoms with van der Waals surface area (Å²) in [5.41, 5.74) is 0.984. The van der Waals surface area contributed by atoms with E-state index in [0.717, 1.165) is 61.1 Å².